The van der Waals surface area contributed by atoms with E-state index < -0.39 is 6.29 Å². The van der Waals surface area contributed by atoms with Gasteiger partial charge in [0.1, 0.15) is 0 Å². The van der Waals surface area contributed by atoms with Gasteiger partial charge in [-0.1, -0.05) is 30.3 Å². The Labute approximate surface area is 90.0 Å². The number of aliphatic hydroxyl groups excluding tert-OH is 1. The maximum atomic E-state index is 9.44. The van der Waals surface area contributed by atoms with Crippen molar-refractivity contribution in [3.05, 3.63) is 35.9 Å². The molecule has 1 fully saturated rings. The van der Waals surface area contributed by atoms with Crippen molar-refractivity contribution < 1.29 is 10.2 Å². The van der Waals surface area contributed by atoms with E-state index in [4.69, 9.17) is 0 Å². The molecule has 3 heteroatoms. The Bertz CT molecular complexity index is 294. The van der Waals surface area contributed by atoms with Gasteiger partial charge in [-0.3, -0.25) is 4.90 Å². The molecule has 1 saturated heterocycles. The van der Waals surface area contributed by atoms with Crippen molar-refractivity contribution in [2.75, 3.05) is 13.1 Å². The van der Waals surface area contributed by atoms with Gasteiger partial charge in [0.25, 0.3) is 0 Å². The second-order valence-corrected chi connectivity index (χ2v) is 4.01. The van der Waals surface area contributed by atoms with Crippen molar-refractivity contribution in [2.45, 2.75) is 25.2 Å². The first-order chi connectivity index (χ1) is 7.29. The van der Waals surface area contributed by atoms with Crippen LogP contribution in [0.1, 0.15) is 24.4 Å². The number of nitrogens with zero attached hydrogens (tertiary/aromatic N) is 1. The first-order valence-corrected chi connectivity index (χ1v) is 5.44. The first kappa shape index (κ1) is 10.6. The maximum absolute atomic E-state index is 9.44. The van der Waals surface area contributed by atoms with Gasteiger partial charge in [0.2, 0.25) is 0 Å². The van der Waals surface area contributed by atoms with Gasteiger partial charge < -0.3 is 10.2 Å². The summed E-state index contributed by atoms with van der Waals surface area (Å²) in [4.78, 5) is 2.14. The fourth-order valence-electron chi connectivity index (χ4n) is 2.24. The van der Waals surface area contributed by atoms with Gasteiger partial charge in [-0.25, -0.2) is 0 Å². The highest BCUT2D eigenvalue weighted by molar-refractivity contribution is 5.19. The molecule has 1 atom stereocenters. The lowest BCUT2D eigenvalue weighted by molar-refractivity contribution is -0.0980. The number of aliphatic hydroxyl groups is 2. The highest BCUT2D eigenvalue weighted by Gasteiger charge is 2.28. The topological polar surface area (TPSA) is 43.7 Å². The van der Waals surface area contributed by atoms with E-state index in [0.717, 1.165) is 31.5 Å². The van der Waals surface area contributed by atoms with Crippen LogP contribution in [-0.2, 0) is 0 Å². The molecular weight excluding hydrogens is 190 g/mol. The average molecular weight is 207 g/mol. The van der Waals surface area contributed by atoms with Gasteiger partial charge in [-0.15, -0.1) is 0 Å². The Morgan fingerprint density at radius 2 is 1.60 bits per heavy atom. The molecule has 0 aliphatic carbocycles. The van der Waals surface area contributed by atoms with E-state index in [-0.39, 0.29) is 6.04 Å². The van der Waals surface area contributed by atoms with E-state index in [1.54, 1.807) is 0 Å². The summed E-state index contributed by atoms with van der Waals surface area (Å²) in [6.07, 6.45) is 0.997. The minimum Gasteiger partial charge on any atom is -0.366 e. The zero-order chi connectivity index (χ0) is 10.7. The number of rotatable bonds is 3. The van der Waals surface area contributed by atoms with Crippen LogP contribution in [0.25, 0.3) is 0 Å². The van der Waals surface area contributed by atoms with Crippen LogP contribution in [0, 0.1) is 0 Å². The maximum Gasteiger partial charge on any atom is 0.171 e. The number of hydrogen-bond acceptors (Lipinski definition) is 3. The van der Waals surface area contributed by atoms with E-state index in [2.05, 4.69) is 4.90 Å². The molecule has 3 nitrogen and oxygen atoms in total. The minimum absolute atomic E-state index is 0.270. The van der Waals surface area contributed by atoms with E-state index in [9.17, 15) is 10.2 Å². The summed E-state index contributed by atoms with van der Waals surface area (Å²) in [6, 6.07) is 9.43. The molecule has 1 aromatic rings. The molecule has 0 aromatic heterocycles. The smallest absolute Gasteiger partial charge is 0.171 e. The summed E-state index contributed by atoms with van der Waals surface area (Å²) in [6.45, 7) is 1.91. The SMILES string of the molecule is OC(O)C(c1ccccc1)N1CCCC1. The molecule has 1 aliphatic rings. The molecule has 0 bridgehead atoms. The largest absolute Gasteiger partial charge is 0.366 e. The molecular formula is C12H17NO2. The van der Waals surface area contributed by atoms with Crippen molar-refractivity contribution in [2.24, 2.45) is 0 Å². The predicted molar refractivity (Wildman–Crippen MR) is 58.2 cm³/mol. The van der Waals surface area contributed by atoms with Crippen LogP contribution >= 0.6 is 0 Å². The van der Waals surface area contributed by atoms with E-state index in [1.165, 1.54) is 0 Å². The summed E-state index contributed by atoms with van der Waals surface area (Å²) >= 11 is 0. The van der Waals surface area contributed by atoms with Gasteiger partial charge in [-0.2, -0.15) is 0 Å². The minimum atomic E-state index is -1.30. The molecule has 1 unspecified atom stereocenters. The third-order valence-electron chi connectivity index (χ3n) is 2.96. The Morgan fingerprint density at radius 1 is 1.00 bits per heavy atom. The lowest BCUT2D eigenvalue weighted by atomic mass is 10.1. The van der Waals surface area contributed by atoms with E-state index in [0.29, 0.717) is 0 Å². The molecule has 82 valence electrons. The summed E-state index contributed by atoms with van der Waals surface area (Å²) in [5.41, 5.74) is 0.981. The van der Waals surface area contributed by atoms with Crippen LogP contribution in [-0.4, -0.2) is 34.5 Å². The summed E-state index contributed by atoms with van der Waals surface area (Å²) in [7, 11) is 0. The fourth-order valence-corrected chi connectivity index (χ4v) is 2.24. The molecule has 1 aliphatic heterocycles. The Morgan fingerprint density at radius 3 is 2.13 bits per heavy atom. The van der Waals surface area contributed by atoms with Crippen molar-refractivity contribution in [3.8, 4) is 0 Å². The molecule has 2 N–H and O–H groups in total. The van der Waals surface area contributed by atoms with Gasteiger partial charge in [-0.05, 0) is 31.5 Å². The van der Waals surface area contributed by atoms with Gasteiger partial charge in [0.15, 0.2) is 6.29 Å². The molecule has 0 saturated carbocycles. The third kappa shape index (κ3) is 2.37. The summed E-state index contributed by atoms with van der Waals surface area (Å²) in [5.74, 6) is 0. The lowest BCUT2D eigenvalue weighted by Crippen LogP contribution is -2.34. The normalized spacial score (nSPS) is 19.7. The van der Waals surface area contributed by atoms with Gasteiger partial charge in [0.05, 0.1) is 6.04 Å². The van der Waals surface area contributed by atoms with Crippen LogP contribution in [0.15, 0.2) is 30.3 Å². The molecule has 1 heterocycles. The fraction of sp³-hybridized carbons (Fsp3) is 0.500. The molecule has 0 spiro atoms. The van der Waals surface area contributed by atoms with E-state index in [1.807, 2.05) is 30.3 Å². The van der Waals surface area contributed by atoms with Gasteiger partial charge >= 0.3 is 0 Å². The quantitative estimate of drug-likeness (QED) is 0.730. The van der Waals surface area contributed by atoms with Crippen molar-refractivity contribution in [1.82, 2.24) is 4.90 Å². The van der Waals surface area contributed by atoms with Crippen LogP contribution in [0.5, 0.6) is 0 Å². The zero-order valence-electron chi connectivity index (χ0n) is 8.71. The number of likely N-dealkylation sites (tertiary alicyclic amines) is 1. The number of benzene rings is 1. The molecule has 0 amide bonds. The van der Waals surface area contributed by atoms with Crippen molar-refractivity contribution >= 4 is 0 Å². The highest BCUT2D eigenvalue weighted by Crippen LogP contribution is 2.26. The van der Waals surface area contributed by atoms with Gasteiger partial charge in [0, 0.05) is 0 Å². The van der Waals surface area contributed by atoms with Crippen LogP contribution in [0.3, 0.4) is 0 Å². The Hall–Kier alpha value is -0.900. The highest BCUT2D eigenvalue weighted by atomic mass is 16.5. The lowest BCUT2D eigenvalue weighted by Gasteiger charge is -2.29. The standard InChI is InChI=1S/C12H17NO2/c14-12(15)11(13-8-4-5-9-13)10-6-2-1-3-7-10/h1-3,6-7,11-12,14-15H,4-5,8-9H2. The average Bonchev–Trinajstić information content (AvgIpc) is 2.72. The van der Waals surface area contributed by atoms with Crippen LogP contribution in [0.4, 0.5) is 0 Å². The molecule has 1 aromatic carbocycles. The summed E-state index contributed by atoms with van der Waals surface area (Å²) < 4.78 is 0. The van der Waals surface area contributed by atoms with E-state index >= 15 is 0 Å². The van der Waals surface area contributed by atoms with Crippen LogP contribution < -0.4 is 0 Å². The summed E-state index contributed by atoms with van der Waals surface area (Å²) in [5, 5.41) is 18.9. The van der Waals surface area contributed by atoms with Crippen molar-refractivity contribution in [3.63, 3.8) is 0 Å². The second kappa shape index (κ2) is 4.75. The Balaban J connectivity index is 2.19. The monoisotopic (exact) mass is 207 g/mol. The first-order valence-electron chi connectivity index (χ1n) is 5.44. The number of hydrogen-bond donors (Lipinski definition) is 2. The third-order valence-corrected chi connectivity index (χ3v) is 2.96. The Kier molecular flexibility index (Phi) is 3.36. The molecule has 15 heavy (non-hydrogen) atoms. The van der Waals surface area contributed by atoms with Crippen LogP contribution in [0.2, 0.25) is 0 Å². The van der Waals surface area contributed by atoms with Crippen molar-refractivity contribution in [1.29, 1.82) is 0 Å². The zero-order valence-corrected chi connectivity index (χ0v) is 8.71. The second-order valence-electron chi connectivity index (χ2n) is 4.01. The molecule has 2 rings (SSSR count). The predicted octanol–water partition coefficient (Wildman–Crippen LogP) is 1.13. The molecule has 0 radical (unpaired) electrons.